The minimum atomic E-state index is -0.438. The van der Waals surface area contributed by atoms with E-state index in [4.69, 9.17) is 19.2 Å². The lowest BCUT2D eigenvalue weighted by Gasteiger charge is -2.14. The Bertz CT molecular complexity index is 1560. The molecular weight excluding hydrogens is 464 g/mol. The fraction of sp³-hybridized carbons (Fsp3) is 0.226. The monoisotopic (exact) mass is 494 g/mol. The zero-order chi connectivity index (χ0) is 25.8. The Labute approximate surface area is 216 Å². The fourth-order valence-electron chi connectivity index (χ4n) is 4.89. The molecule has 0 fully saturated rings. The molecule has 0 aliphatic rings. The largest absolute Gasteiger partial charge is 0.493 e. The molecule has 0 N–H and O–H groups in total. The maximum atomic E-state index is 12.8. The molecule has 37 heavy (non-hydrogen) atoms. The number of aromatic nitrogens is 2. The number of ether oxygens (including phenoxy) is 3. The van der Waals surface area contributed by atoms with Crippen molar-refractivity contribution in [3.8, 4) is 22.8 Å². The molecule has 0 bridgehead atoms. The molecule has 5 aromatic rings. The Kier molecular flexibility index (Phi) is 7.08. The second-order valence-corrected chi connectivity index (χ2v) is 8.80. The highest BCUT2D eigenvalue weighted by Gasteiger charge is 2.21. The summed E-state index contributed by atoms with van der Waals surface area (Å²) >= 11 is 0. The minimum Gasteiger partial charge on any atom is -0.493 e. The molecule has 0 aliphatic heterocycles. The Morgan fingerprint density at radius 2 is 1.62 bits per heavy atom. The minimum absolute atomic E-state index is 0.283. The molecule has 0 amide bonds. The van der Waals surface area contributed by atoms with E-state index in [1.807, 2.05) is 42.5 Å². The Morgan fingerprint density at radius 1 is 0.865 bits per heavy atom. The van der Waals surface area contributed by atoms with Gasteiger partial charge in [-0.2, -0.15) is 0 Å². The third kappa shape index (κ3) is 4.75. The second kappa shape index (κ2) is 10.7. The van der Waals surface area contributed by atoms with E-state index >= 15 is 0 Å². The number of aryl methyl sites for hydroxylation is 2. The van der Waals surface area contributed by atoms with Gasteiger partial charge in [0.1, 0.15) is 5.69 Å². The highest BCUT2D eigenvalue weighted by molar-refractivity contribution is 6.13. The molecule has 5 rings (SSSR count). The van der Waals surface area contributed by atoms with Crippen molar-refractivity contribution in [1.29, 1.82) is 0 Å². The van der Waals surface area contributed by atoms with E-state index in [-0.39, 0.29) is 12.3 Å². The first-order chi connectivity index (χ1) is 18.1. The lowest BCUT2D eigenvalue weighted by Crippen LogP contribution is -2.09. The van der Waals surface area contributed by atoms with Crippen molar-refractivity contribution < 1.29 is 19.0 Å². The van der Waals surface area contributed by atoms with Crippen LogP contribution in [0.25, 0.3) is 33.1 Å². The van der Waals surface area contributed by atoms with Crippen molar-refractivity contribution in [1.82, 2.24) is 9.55 Å². The van der Waals surface area contributed by atoms with Crippen LogP contribution in [0.15, 0.2) is 78.9 Å². The van der Waals surface area contributed by atoms with E-state index in [1.165, 1.54) is 5.56 Å². The molecule has 2 heterocycles. The van der Waals surface area contributed by atoms with Crippen LogP contribution in [0, 0.1) is 0 Å². The molecule has 0 spiro atoms. The zero-order valence-electron chi connectivity index (χ0n) is 21.4. The molecule has 0 radical (unpaired) electrons. The summed E-state index contributed by atoms with van der Waals surface area (Å²) in [5.41, 5.74) is 5.22. The van der Waals surface area contributed by atoms with Gasteiger partial charge in [-0.05, 0) is 55.7 Å². The maximum absolute atomic E-state index is 12.8. The molecule has 188 valence electrons. The van der Waals surface area contributed by atoms with Gasteiger partial charge in [-0.25, -0.2) is 9.78 Å². The van der Waals surface area contributed by atoms with Crippen LogP contribution in [0.3, 0.4) is 0 Å². The van der Waals surface area contributed by atoms with Crippen LogP contribution < -0.4 is 9.47 Å². The van der Waals surface area contributed by atoms with Gasteiger partial charge in [0.05, 0.1) is 32.0 Å². The molecule has 0 saturated heterocycles. The van der Waals surface area contributed by atoms with Gasteiger partial charge in [0, 0.05) is 28.4 Å². The SMILES string of the molecule is CCOC(=O)c1cc2c3ccccc3n(CCCc3ccccc3)c2c(-c2ccc(OC)c(OC)c2)n1. The van der Waals surface area contributed by atoms with E-state index in [0.29, 0.717) is 17.2 Å². The predicted octanol–water partition coefficient (Wildman–Crippen LogP) is 6.68. The standard InChI is InChI=1S/C31H30N2O4/c1-4-37-31(34)25-20-24-23-14-8-9-15-26(23)33(18-10-13-21-11-6-5-7-12-21)30(24)29(32-25)22-16-17-27(35-2)28(19-22)36-3/h5-9,11-12,14-17,19-20H,4,10,13,18H2,1-3H3. The van der Waals surface area contributed by atoms with Crippen molar-refractivity contribution in [3.05, 3.63) is 90.1 Å². The summed E-state index contributed by atoms with van der Waals surface area (Å²) in [5, 5.41) is 2.05. The Morgan fingerprint density at radius 3 is 2.38 bits per heavy atom. The molecule has 0 aliphatic carbocycles. The third-order valence-corrected chi connectivity index (χ3v) is 6.58. The van der Waals surface area contributed by atoms with Gasteiger partial charge in [0.25, 0.3) is 0 Å². The molecule has 6 nitrogen and oxygen atoms in total. The topological polar surface area (TPSA) is 62.6 Å². The number of rotatable bonds is 9. The smallest absolute Gasteiger partial charge is 0.356 e. The Hall–Kier alpha value is -4.32. The summed E-state index contributed by atoms with van der Waals surface area (Å²) in [6.45, 7) is 2.88. The summed E-state index contributed by atoms with van der Waals surface area (Å²) < 4.78 is 18.7. The number of fused-ring (bicyclic) bond motifs is 3. The number of nitrogens with zero attached hydrogens (tertiary/aromatic N) is 2. The molecular formula is C31H30N2O4. The average molecular weight is 495 g/mol. The number of hydrogen-bond acceptors (Lipinski definition) is 5. The van der Waals surface area contributed by atoms with Crippen molar-refractivity contribution in [2.45, 2.75) is 26.3 Å². The number of hydrogen-bond donors (Lipinski definition) is 0. The third-order valence-electron chi connectivity index (χ3n) is 6.58. The normalized spacial score (nSPS) is 11.1. The van der Waals surface area contributed by atoms with Crippen molar-refractivity contribution in [2.75, 3.05) is 20.8 Å². The van der Waals surface area contributed by atoms with Gasteiger partial charge < -0.3 is 18.8 Å². The average Bonchev–Trinajstić information content (AvgIpc) is 3.26. The number of methoxy groups -OCH3 is 2. The summed E-state index contributed by atoms with van der Waals surface area (Å²) in [4.78, 5) is 17.7. The van der Waals surface area contributed by atoms with Crippen LogP contribution in [-0.4, -0.2) is 36.3 Å². The van der Waals surface area contributed by atoms with Crippen molar-refractivity contribution >= 4 is 27.8 Å². The predicted molar refractivity (Wildman–Crippen MR) is 146 cm³/mol. The number of pyridine rings is 1. The van der Waals surface area contributed by atoms with Gasteiger partial charge in [0.15, 0.2) is 11.5 Å². The summed E-state index contributed by atoms with van der Waals surface area (Å²) in [7, 11) is 3.22. The number of benzene rings is 3. The quantitative estimate of drug-likeness (QED) is 0.214. The molecule has 0 atom stereocenters. The van der Waals surface area contributed by atoms with E-state index < -0.39 is 5.97 Å². The van der Waals surface area contributed by atoms with E-state index in [2.05, 4.69) is 41.0 Å². The summed E-state index contributed by atoms with van der Waals surface area (Å²) in [6, 6.07) is 26.4. The lowest BCUT2D eigenvalue weighted by molar-refractivity contribution is 0.0520. The maximum Gasteiger partial charge on any atom is 0.356 e. The van der Waals surface area contributed by atoms with E-state index in [9.17, 15) is 4.79 Å². The molecule has 0 saturated carbocycles. The van der Waals surface area contributed by atoms with E-state index in [0.717, 1.165) is 46.8 Å². The molecule has 6 heteroatoms. The van der Waals surface area contributed by atoms with Crippen molar-refractivity contribution in [2.24, 2.45) is 0 Å². The molecule has 2 aromatic heterocycles. The molecule has 3 aromatic carbocycles. The summed E-state index contributed by atoms with van der Waals surface area (Å²) in [5.74, 6) is 0.794. The highest BCUT2D eigenvalue weighted by Crippen LogP contribution is 2.38. The lowest BCUT2D eigenvalue weighted by atomic mass is 10.1. The van der Waals surface area contributed by atoms with Gasteiger partial charge in [0.2, 0.25) is 0 Å². The van der Waals surface area contributed by atoms with E-state index in [1.54, 1.807) is 21.1 Å². The van der Waals surface area contributed by atoms with Gasteiger partial charge in [-0.3, -0.25) is 0 Å². The van der Waals surface area contributed by atoms with Crippen LogP contribution in [0.5, 0.6) is 11.5 Å². The van der Waals surface area contributed by atoms with Gasteiger partial charge in [-0.1, -0.05) is 48.5 Å². The number of esters is 1. The first-order valence-corrected chi connectivity index (χ1v) is 12.5. The van der Waals surface area contributed by atoms with Crippen LogP contribution in [0.4, 0.5) is 0 Å². The Balaban J connectivity index is 1.72. The molecule has 0 unspecified atom stereocenters. The highest BCUT2D eigenvalue weighted by atomic mass is 16.5. The van der Waals surface area contributed by atoms with Crippen LogP contribution >= 0.6 is 0 Å². The van der Waals surface area contributed by atoms with Crippen LogP contribution in [0.2, 0.25) is 0 Å². The van der Waals surface area contributed by atoms with Gasteiger partial charge >= 0.3 is 5.97 Å². The zero-order valence-corrected chi connectivity index (χ0v) is 21.4. The van der Waals surface area contributed by atoms with Crippen molar-refractivity contribution in [3.63, 3.8) is 0 Å². The van der Waals surface area contributed by atoms with Gasteiger partial charge in [-0.15, -0.1) is 0 Å². The van der Waals surface area contributed by atoms with Crippen LogP contribution in [0.1, 0.15) is 29.4 Å². The number of carbonyl (C=O) groups is 1. The number of para-hydroxylation sites is 1. The number of carbonyl (C=O) groups excluding carboxylic acids is 1. The first-order valence-electron chi connectivity index (χ1n) is 12.5. The fourth-order valence-corrected chi connectivity index (χ4v) is 4.89. The second-order valence-electron chi connectivity index (χ2n) is 8.80. The van der Waals surface area contributed by atoms with Crippen LogP contribution in [-0.2, 0) is 17.7 Å². The first kappa shape index (κ1) is 24.4. The summed E-state index contributed by atoms with van der Waals surface area (Å²) in [6.07, 6.45) is 1.93.